The van der Waals surface area contributed by atoms with Gasteiger partial charge in [-0.2, -0.15) is 0 Å². The van der Waals surface area contributed by atoms with Crippen molar-refractivity contribution >= 4 is 5.78 Å². The highest BCUT2D eigenvalue weighted by Crippen LogP contribution is 2.44. The second kappa shape index (κ2) is 2.72. The molecule has 1 nitrogen and oxygen atoms in total. The van der Waals surface area contributed by atoms with Crippen LogP contribution in [0.4, 0.5) is 0 Å². The first-order chi connectivity index (χ1) is 5.37. The van der Waals surface area contributed by atoms with Crippen molar-refractivity contribution in [3.05, 3.63) is 12.7 Å². The summed E-state index contributed by atoms with van der Waals surface area (Å²) < 4.78 is 0. The van der Waals surface area contributed by atoms with Crippen LogP contribution < -0.4 is 0 Å². The molecular weight excluding hydrogens is 148 g/mol. The monoisotopic (exact) mass is 166 g/mol. The van der Waals surface area contributed by atoms with Crippen molar-refractivity contribution < 1.29 is 4.79 Å². The summed E-state index contributed by atoms with van der Waals surface area (Å²) in [5.41, 5.74) is 0.205. The van der Waals surface area contributed by atoms with Crippen LogP contribution >= 0.6 is 0 Å². The highest BCUT2D eigenvalue weighted by atomic mass is 16.1. The fourth-order valence-electron chi connectivity index (χ4n) is 2.41. The Bertz CT molecular complexity index is 215. The molecule has 0 spiro atoms. The zero-order valence-electron chi connectivity index (χ0n) is 8.31. The molecule has 1 fully saturated rings. The molecule has 0 radical (unpaired) electrons. The molecule has 0 amide bonds. The van der Waals surface area contributed by atoms with Crippen LogP contribution in [0.2, 0.25) is 0 Å². The zero-order valence-corrected chi connectivity index (χ0v) is 8.31. The number of carbonyl (C=O) groups excluding carboxylic acids is 1. The first-order valence-corrected chi connectivity index (χ1v) is 4.52. The van der Waals surface area contributed by atoms with Gasteiger partial charge in [0.1, 0.15) is 5.78 Å². The minimum absolute atomic E-state index is 0.0405. The molecule has 0 aromatic rings. The van der Waals surface area contributed by atoms with E-state index in [1.54, 1.807) is 0 Å². The summed E-state index contributed by atoms with van der Waals surface area (Å²) in [6.45, 7) is 10.2. The van der Waals surface area contributed by atoms with Gasteiger partial charge in [-0.15, -0.1) is 6.58 Å². The van der Waals surface area contributed by atoms with Gasteiger partial charge in [0.2, 0.25) is 0 Å². The molecule has 1 heteroatoms. The van der Waals surface area contributed by atoms with Crippen LogP contribution in [0, 0.1) is 10.8 Å². The average molecular weight is 166 g/mol. The molecule has 0 N–H and O–H groups in total. The highest BCUT2D eigenvalue weighted by molar-refractivity contribution is 5.81. The van der Waals surface area contributed by atoms with Gasteiger partial charge in [-0.25, -0.2) is 0 Å². The van der Waals surface area contributed by atoms with Crippen LogP contribution in [0.5, 0.6) is 0 Å². The van der Waals surface area contributed by atoms with E-state index in [-0.39, 0.29) is 10.8 Å². The fourth-order valence-corrected chi connectivity index (χ4v) is 2.41. The largest absolute Gasteiger partial charge is 0.300 e. The minimum atomic E-state index is 0.0405. The first-order valence-electron chi connectivity index (χ1n) is 4.52. The number of allylic oxidation sites excluding steroid dienone is 1. The molecule has 1 saturated carbocycles. The minimum Gasteiger partial charge on any atom is -0.300 e. The molecule has 0 aliphatic heterocycles. The molecule has 1 unspecified atom stereocenters. The lowest BCUT2D eigenvalue weighted by Crippen LogP contribution is -2.34. The third kappa shape index (κ3) is 1.96. The fraction of sp³-hybridized carbons (Fsp3) is 0.727. The van der Waals surface area contributed by atoms with Crippen LogP contribution in [0.25, 0.3) is 0 Å². The summed E-state index contributed by atoms with van der Waals surface area (Å²) in [5, 5.41) is 0. The molecule has 12 heavy (non-hydrogen) atoms. The molecule has 0 saturated heterocycles. The Balaban J connectivity index is 2.83. The lowest BCUT2D eigenvalue weighted by atomic mass is 9.64. The van der Waals surface area contributed by atoms with Crippen molar-refractivity contribution in [1.29, 1.82) is 0 Å². The van der Waals surface area contributed by atoms with E-state index < -0.39 is 0 Å². The Kier molecular flexibility index (Phi) is 2.15. The number of carbonyl (C=O) groups is 1. The van der Waals surface area contributed by atoms with Gasteiger partial charge in [0.15, 0.2) is 0 Å². The standard InChI is InChI=1S/C11H18O/c1-5-11(4)7-9(12)6-10(2,3)8-11/h5H,1,6-8H2,2-4H3. The Morgan fingerprint density at radius 2 is 1.92 bits per heavy atom. The van der Waals surface area contributed by atoms with Gasteiger partial charge in [-0.05, 0) is 17.3 Å². The van der Waals surface area contributed by atoms with Crippen molar-refractivity contribution in [2.75, 3.05) is 0 Å². The molecule has 1 rings (SSSR count). The number of Topliss-reactive ketones (excluding diaryl/α,β-unsaturated/α-hetero) is 1. The second-order valence-electron chi connectivity index (χ2n) is 5.09. The van der Waals surface area contributed by atoms with Crippen LogP contribution in [-0.4, -0.2) is 5.78 Å². The van der Waals surface area contributed by atoms with E-state index in [1.807, 2.05) is 6.08 Å². The molecule has 1 aliphatic carbocycles. The van der Waals surface area contributed by atoms with E-state index in [4.69, 9.17) is 0 Å². The van der Waals surface area contributed by atoms with E-state index >= 15 is 0 Å². The second-order valence-corrected chi connectivity index (χ2v) is 5.09. The maximum absolute atomic E-state index is 11.4. The van der Waals surface area contributed by atoms with Gasteiger partial charge in [0.05, 0.1) is 0 Å². The first kappa shape index (κ1) is 9.50. The number of ketones is 1. The van der Waals surface area contributed by atoms with Crippen molar-refractivity contribution in [2.45, 2.75) is 40.0 Å². The number of hydrogen-bond acceptors (Lipinski definition) is 1. The lowest BCUT2D eigenvalue weighted by Gasteiger charge is -2.39. The molecule has 1 atom stereocenters. The van der Waals surface area contributed by atoms with Gasteiger partial charge in [0.25, 0.3) is 0 Å². The molecule has 0 aromatic carbocycles. The highest BCUT2D eigenvalue weighted by Gasteiger charge is 2.38. The van der Waals surface area contributed by atoms with E-state index in [0.717, 1.165) is 12.8 Å². The van der Waals surface area contributed by atoms with E-state index in [9.17, 15) is 4.79 Å². The summed E-state index contributed by atoms with van der Waals surface area (Å²) in [7, 11) is 0. The predicted octanol–water partition coefficient (Wildman–Crippen LogP) is 2.96. The van der Waals surface area contributed by atoms with Crippen LogP contribution in [0.15, 0.2) is 12.7 Å². The molecule has 0 bridgehead atoms. The van der Waals surface area contributed by atoms with Gasteiger partial charge in [0, 0.05) is 12.8 Å². The Morgan fingerprint density at radius 3 is 2.33 bits per heavy atom. The van der Waals surface area contributed by atoms with Crippen molar-refractivity contribution in [1.82, 2.24) is 0 Å². The summed E-state index contributed by atoms with van der Waals surface area (Å²) in [6, 6.07) is 0. The smallest absolute Gasteiger partial charge is 0.134 e. The van der Waals surface area contributed by atoms with Crippen LogP contribution in [0.3, 0.4) is 0 Å². The van der Waals surface area contributed by atoms with Crippen molar-refractivity contribution in [2.24, 2.45) is 10.8 Å². The van der Waals surface area contributed by atoms with Crippen LogP contribution in [0.1, 0.15) is 40.0 Å². The maximum atomic E-state index is 11.4. The maximum Gasteiger partial charge on any atom is 0.134 e. The zero-order chi connectivity index (χ0) is 9.41. The molecular formula is C11H18O. The number of hydrogen-bond donors (Lipinski definition) is 0. The van der Waals surface area contributed by atoms with E-state index in [2.05, 4.69) is 27.4 Å². The molecule has 1 aliphatic rings. The van der Waals surface area contributed by atoms with Gasteiger partial charge in [-0.1, -0.05) is 26.8 Å². The summed E-state index contributed by atoms with van der Waals surface area (Å²) in [4.78, 5) is 11.4. The average Bonchev–Trinajstić information content (AvgIpc) is 1.82. The third-order valence-corrected chi connectivity index (χ3v) is 2.65. The quantitative estimate of drug-likeness (QED) is 0.547. The topological polar surface area (TPSA) is 17.1 Å². The predicted molar refractivity (Wildman–Crippen MR) is 50.9 cm³/mol. The summed E-state index contributed by atoms with van der Waals surface area (Å²) in [5.74, 6) is 0.383. The molecule has 0 heterocycles. The SMILES string of the molecule is C=CC1(C)CC(=O)CC(C)(C)C1. The third-order valence-electron chi connectivity index (χ3n) is 2.65. The lowest BCUT2D eigenvalue weighted by molar-refractivity contribution is -0.126. The van der Waals surface area contributed by atoms with Crippen molar-refractivity contribution in [3.63, 3.8) is 0 Å². The summed E-state index contributed by atoms with van der Waals surface area (Å²) >= 11 is 0. The molecule has 0 aromatic heterocycles. The van der Waals surface area contributed by atoms with Gasteiger partial charge in [-0.3, -0.25) is 4.79 Å². The van der Waals surface area contributed by atoms with Crippen LogP contribution in [-0.2, 0) is 4.79 Å². The number of rotatable bonds is 1. The van der Waals surface area contributed by atoms with E-state index in [0.29, 0.717) is 12.2 Å². The Hall–Kier alpha value is -0.590. The van der Waals surface area contributed by atoms with Gasteiger partial charge < -0.3 is 0 Å². The van der Waals surface area contributed by atoms with E-state index in [1.165, 1.54) is 0 Å². The molecule has 68 valence electrons. The van der Waals surface area contributed by atoms with Gasteiger partial charge >= 0.3 is 0 Å². The Labute approximate surface area is 74.9 Å². The Morgan fingerprint density at radius 1 is 1.33 bits per heavy atom. The summed E-state index contributed by atoms with van der Waals surface area (Å²) in [6.07, 6.45) is 4.43. The normalized spacial score (nSPS) is 34.8. The van der Waals surface area contributed by atoms with Crippen molar-refractivity contribution in [3.8, 4) is 0 Å².